The Morgan fingerprint density at radius 3 is 2.50 bits per heavy atom. The van der Waals surface area contributed by atoms with E-state index in [1.165, 1.54) is 0 Å². The molecule has 0 saturated carbocycles. The monoisotopic (exact) mass is 275 g/mol. The molecule has 20 heavy (non-hydrogen) atoms. The SMILES string of the molecule is COc1ccccc1CC(=O)NCCNC(=O)CC#N. The highest BCUT2D eigenvalue weighted by Gasteiger charge is 2.07. The minimum atomic E-state index is -0.341. The average molecular weight is 275 g/mol. The van der Waals surface area contributed by atoms with E-state index in [1.54, 1.807) is 19.2 Å². The first-order valence-electron chi connectivity index (χ1n) is 6.19. The molecular weight excluding hydrogens is 258 g/mol. The van der Waals surface area contributed by atoms with Crippen LogP contribution < -0.4 is 15.4 Å². The van der Waals surface area contributed by atoms with Gasteiger partial charge in [0.25, 0.3) is 0 Å². The number of nitrogens with zero attached hydrogens (tertiary/aromatic N) is 1. The van der Waals surface area contributed by atoms with Gasteiger partial charge in [-0.25, -0.2) is 0 Å². The predicted octanol–water partition coefficient (Wildman–Crippen LogP) is 0.384. The van der Waals surface area contributed by atoms with Crippen LogP contribution in [0.5, 0.6) is 5.75 Å². The van der Waals surface area contributed by atoms with Crippen molar-refractivity contribution in [3.05, 3.63) is 29.8 Å². The molecule has 2 amide bonds. The number of nitriles is 1. The molecule has 0 saturated heterocycles. The zero-order valence-electron chi connectivity index (χ0n) is 11.3. The Labute approximate surface area is 117 Å². The molecule has 1 aromatic rings. The van der Waals surface area contributed by atoms with Crippen LogP contribution in [0.4, 0.5) is 0 Å². The van der Waals surface area contributed by atoms with E-state index in [0.29, 0.717) is 18.8 Å². The molecular formula is C14H17N3O3. The Hall–Kier alpha value is -2.55. The highest BCUT2D eigenvalue weighted by molar-refractivity contribution is 5.80. The zero-order valence-corrected chi connectivity index (χ0v) is 11.3. The van der Waals surface area contributed by atoms with Crippen molar-refractivity contribution in [2.75, 3.05) is 20.2 Å². The Morgan fingerprint density at radius 1 is 1.20 bits per heavy atom. The maximum atomic E-state index is 11.7. The summed E-state index contributed by atoms with van der Waals surface area (Å²) in [7, 11) is 1.56. The first-order chi connectivity index (χ1) is 9.67. The Morgan fingerprint density at radius 2 is 1.85 bits per heavy atom. The van der Waals surface area contributed by atoms with E-state index in [1.807, 2.05) is 18.2 Å². The second-order valence-corrected chi connectivity index (χ2v) is 4.02. The summed E-state index contributed by atoms with van der Waals surface area (Å²) < 4.78 is 5.16. The van der Waals surface area contributed by atoms with Crippen molar-refractivity contribution in [3.8, 4) is 11.8 Å². The van der Waals surface area contributed by atoms with Gasteiger partial charge in [-0.2, -0.15) is 5.26 Å². The topological polar surface area (TPSA) is 91.2 Å². The van der Waals surface area contributed by atoms with Crippen molar-refractivity contribution < 1.29 is 14.3 Å². The third kappa shape index (κ3) is 5.40. The number of para-hydroxylation sites is 1. The smallest absolute Gasteiger partial charge is 0.234 e. The molecule has 2 N–H and O–H groups in total. The van der Waals surface area contributed by atoms with Crippen molar-refractivity contribution in [2.45, 2.75) is 12.8 Å². The van der Waals surface area contributed by atoms with Gasteiger partial charge in [-0.05, 0) is 6.07 Å². The number of rotatable bonds is 7. The van der Waals surface area contributed by atoms with Gasteiger partial charge in [-0.15, -0.1) is 0 Å². The van der Waals surface area contributed by atoms with Crippen LogP contribution in [-0.4, -0.2) is 32.0 Å². The zero-order chi connectivity index (χ0) is 14.8. The van der Waals surface area contributed by atoms with E-state index >= 15 is 0 Å². The van der Waals surface area contributed by atoms with E-state index < -0.39 is 0 Å². The lowest BCUT2D eigenvalue weighted by atomic mass is 10.1. The van der Waals surface area contributed by atoms with Gasteiger partial charge in [-0.3, -0.25) is 9.59 Å². The summed E-state index contributed by atoms with van der Waals surface area (Å²) in [5.41, 5.74) is 0.806. The molecule has 0 aliphatic carbocycles. The van der Waals surface area contributed by atoms with Crippen LogP contribution in [0.2, 0.25) is 0 Å². The number of benzene rings is 1. The van der Waals surface area contributed by atoms with Crippen molar-refractivity contribution in [2.24, 2.45) is 0 Å². The normalized spacial score (nSPS) is 9.40. The third-order valence-corrected chi connectivity index (χ3v) is 2.55. The van der Waals surface area contributed by atoms with Crippen LogP contribution in [0.25, 0.3) is 0 Å². The number of methoxy groups -OCH3 is 1. The van der Waals surface area contributed by atoms with E-state index in [2.05, 4.69) is 10.6 Å². The molecule has 1 aromatic carbocycles. The molecule has 0 fully saturated rings. The number of nitrogens with one attached hydrogen (secondary N) is 2. The standard InChI is InChI=1S/C14H17N3O3/c1-20-12-5-3-2-4-11(12)10-14(19)17-9-8-16-13(18)6-7-15/h2-5H,6,8-10H2,1H3,(H,16,18)(H,17,19). The molecule has 0 aliphatic rings. The van der Waals surface area contributed by atoms with Crippen LogP contribution in [-0.2, 0) is 16.0 Å². The van der Waals surface area contributed by atoms with Crippen molar-refractivity contribution in [1.29, 1.82) is 5.26 Å². The summed E-state index contributed by atoms with van der Waals surface area (Å²) >= 11 is 0. The van der Waals surface area contributed by atoms with Gasteiger partial charge in [0, 0.05) is 18.7 Å². The first kappa shape index (κ1) is 15.5. The van der Waals surface area contributed by atoms with E-state index in [-0.39, 0.29) is 24.7 Å². The Balaban J connectivity index is 2.30. The number of carbonyl (C=O) groups is 2. The Kier molecular flexibility index (Phi) is 6.62. The Bertz CT molecular complexity index is 509. The van der Waals surface area contributed by atoms with Crippen LogP contribution in [0.3, 0.4) is 0 Å². The lowest BCUT2D eigenvalue weighted by Crippen LogP contribution is -2.35. The van der Waals surface area contributed by atoms with Gasteiger partial charge in [0.2, 0.25) is 11.8 Å². The second-order valence-electron chi connectivity index (χ2n) is 4.02. The molecule has 0 bridgehead atoms. The summed E-state index contributed by atoms with van der Waals surface area (Å²) in [6, 6.07) is 9.05. The molecule has 0 aliphatic heterocycles. The number of carbonyl (C=O) groups excluding carboxylic acids is 2. The lowest BCUT2D eigenvalue weighted by molar-refractivity contribution is -0.122. The van der Waals surface area contributed by atoms with Crippen molar-refractivity contribution in [1.82, 2.24) is 10.6 Å². The molecule has 0 unspecified atom stereocenters. The summed E-state index contributed by atoms with van der Waals surface area (Å²) in [5, 5.41) is 13.5. The molecule has 0 spiro atoms. The molecule has 6 nitrogen and oxygen atoms in total. The van der Waals surface area contributed by atoms with Crippen LogP contribution >= 0.6 is 0 Å². The van der Waals surface area contributed by atoms with Crippen LogP contribution in [0.1, 0.15) is 12.0 Å². The summed E-state index contributed by atoms with van der Waals surface area (Å²) in [6.07, 6.45) is 0.0469. The molecule has 0 atom stereocenters. The number of ether oxygens (including phenoxy) is 1. The maximum absolute atomic E-state index is 11.7. The number of amides is 2. The van der Waals surface area contributed by atoms with Crippen molar-refractivity contribution in [3.63, 3.8) is 0 Å². The fraction of sp³-hybridized carbons (Fsp3) is 0.357. The predicted molar refractivity (Wildman–Crippen MR) is 72.9 cm³/mol. The maximum Gasteiger partial charge on any atom is 0.234 e. The largest absolute Gasteiger partial charge is 0.496 e. The van der Waals surface area contributed by atoms with Gasteiger partial charge in [0.15, 0.2) is 0 Å². The van der Waals surface area contributed by atoms with E-state index in [0.717, 1.165) is 5.56 Å². The van der Waals surface area contributed by atoms with E-state index in [9.17, 15) is 9.59 Å². The van der Waals surface area contributed by atoms with Gasteiger partial charge < -0.3 is 15.4 Å². The lowest BCUT2D eigenvalue weighted by Gasteiger charge is -2.09. The van der Waals surface area contributed by atoms with Gasteiger partial charge >= 0.3 is 0 Å². The molecule has 1 rings (SSSR count). The summed E-state index contributed by atoms with van der Waals surface area (Å²) in [6.45, 7) is 0.628. The number of hydrogen-bond acceptors (Lipinski definition) is 4. The minimum absolute atomic E-state index is 0.149. The number of hydrogen-bond donors (Lipinski definition) is 2. The van der Waals surface area contributed by atoms with E-state index in [4.69, 9.17) is 10.00 Å². The van der Waals surface area contributed by atoms with Gasteiger partial charge in [0.05, 0.1) is 19.6 Å². The first-order valence-corrected chi connectivity index (χ1v) is 6.19. The molecule has 0 heterocycles. The molecule has 0 radical (unpaired) electrons. The van der Waals surface area contributed by atoms with Crippen LogP contribution in [0.15, 0.2) is 24.3 Å². The molecule has 106 valence electrons. The van der Waals surface area contributed by atoms with Gasteiger partial charge in [-0.1, -0.05) is 18.2 Å². The fourth-order valence-electron chi connectivity index (χ4n) is 1.62. The van der Waals surface area contributed by atoms with Gasteiger partial charge in [0.1, 0.15) is 12.2 Å². The highest BCUT2D eigenvalue weighted by atomic mass is 16.5. The second kappa shape index (κ2) is 8.53. The summed E-state index contributed by atoms with van der Waals surface area (Å²) in [4.78, 5) is 22.7. The molecule has 0 aromatic heterocycles. The van der Waals surface area contributed by atoms with Crippen LogP contribution in [0, 0.1) is 11.3 Å². The molecule has 6 heteroatoms. The van der Waals surface area contributed by atoms with Crippen molar-refractivity contribution >= 4 is 11.8 Å². The quantitative estimate of drug-likeness (QED) is 0.704. The fourth-order valence-corrected chi connectivity index (χ4v) is 1.62. The summed E-state index contributed by atoms with van der Waals surface area (Å²) in [5.74, 6) is 0.181. The third-order valence-electron chi connectivity index (χ3n) is 2.55. The highest BCUT2D eigenvalue weighted by Crippen LogP contribution is 2.17. The average Bonchev–Trinajstić information content (AvgIpc) is 2.44. The minimum Gasteiger partial charge on any atom is -0.496 e.